The molecule has 2 atom stereocenters. The van der Waals surface area contributed by atoms with Crippen LogP contribution in [-0.2, 0) is 0 Å². The van der Waals surface area contributed by atoms with Crippen molar-refractivity contribution in [3.63, 3.8) is 0 Å². The van der Waals surface area contributed by atoms with Crippen molar-refractivity contribution in [2.45, 2.75) is 25.9 Å². The van der Waals surface area contributed by atoms with Crippen molar-refractivity contribution < 1.29 is 4.74 Å². The minimum Gasteiger partial charge on any atom is -0.497 e. The molecule has 4 nitrogen and oxygen atoms in total. The Morgan fingerprint density at radius 2 is 2.05 bits per heavy atom. The van der Waals surface area contributed by atoms with Crippen LogP contribution in [-0.4, -0.2) is 23.4 Å². The van der Waals surface area contributed by atoms with Crippen LogP contribution in [0.2, 0.25) is 0 Å². The summed E-state index contributed by atoms with van der Waals surface area (Å²) in [6, 6.07) is 10.6. The van der Waals surface area contributed by atoms with Crippen LogP contribution in [0.1, 0.15) is 31.5 Å². The van der Waals surface area contributed by atoms with Gasteiger partial charge in [0.1, 0.15) is 5.75 Å². The van der Waals surface area contributed by atoms with Crippen LogP contribution < -0.4 is 10.1 Å². The molecule has 0 saturated carbocycles. The van der Waals surface area contributed by atoms with Gasteiger partial charge in [0.15, 0.2) is 0 Å². The highest BCUT2D eigenvalue weighted by atomic mass is 16.5. The Balaban J connectivity index is 2.23. The van der Waals surface area contributed by atoms with Crippen molar-refractivity contribution in [2.24, 2.45) is 0 Å². The number of hydrogen-bond donors (Lipinski definition) is 1. The molecule has 0 aliphatic rings. The first kappa shape index (κ1) is 13.6. The summed E-state index contributed by atoms with van der Waals surface area (Å²) in [5.74, 6) is 0.880. The first-order valence-corrected chi connectivity index (χ1v) is 6.62. The zero-order valence-corrected chi connectivity index (χ0v) is 11.7. The molecule has 0 amide bonds. The van der Waals surface area contributed by atoms with E-state index in [2.05, 4.69) is 36.4 Å². The summed E-state index contributed by atoms with van der Waals surface area (Å²) in [6.45, 7) is 5.21. The van der Waals surface area contributed by atoms with E-state index in [0.29, 0.717) is 0 Å². The molecule has 0 aliphatic heterocycles. The lowest BCUT2D eigenvalue weighted by Crippen LogP contribution is -2.29. The molecule has 19 heavy (non-hydrogen) atoms. The number of hydrogen-bond acceptors (Lipinski definition) is 3. The Kier molecular flexibility index (Phi) is 4.58. The molecule has 1 aromatic carbocycles. The van der Waals surface area contributed by atoms with Gasteiger partial charge in [-0.1, -0.05) is 19.1 Å². The van der Waals surface area contributed by atoms with E-state index in [1.807, 2.05) is 35.3 Å². The number of methoxy groups -OCH3 is 1. The Labute approximate surface area is 114 Å². The number of nitrogens with one attached hydrogen (secondary N) is 1. The number of nitrogens with zero attached hydrogens (tertiary/aromatic N) is 2. The van der Waals surface area contributed by atoms with E-state index in [0.717, 1.165) is 12.3 Å². The van der Waals surface area contributed by atoms with Gasteiger partial charge in [-0.2, -0.15) is 5.10 Å². The lowest BCUT2D eigenvalue weighted by molar-refractivity contribution is 0.358. The third-order valence-electron chi connectivity index (χ3n) is 3.32. The molecule has 0 radical (unpaired) electrons. The molecule has 0 aliphatic carbocycles. The minimum absolute atomic E-state index is 0.232. The van der Waals surface area contributed by atoms with Gasteiger partial charge < -0.3 is 10.1 Å². The average molecular weight is 259 g/mol. The molecule has 2 rings (SSSR count). The van der Waals surface area contributed by atoms with Crippen LogP contribution in [0.4, 0.5) is 0 Å². The van der Waals surface area contributed by atoms with Crippen LogP contribution in [0.25, 0.3) is 0 Å². The van der Waals surface area contributed by atoms with E-state index < -0.39 is 0 Å². The van der Waals surface area contributed by atoms with Crippen LogP contribution >= 0.6 is 0 Å². The van der Waals surface area contributed by atoms with E-state index in [-0.39, 0.29) is 12.1 Å². The largest absolute Gasteiger partial charge is 0.497 e. The minimum atomic E-state index is 0.232. The monoisotopic (exact) mass is 259 g/mol. The highest BCUT2D eigenvalue weighted by Gasteiger charge is 2.20. The number of likely N-dealkylation sites (N-methyl/N-ethyl adjacent to an activating group) is 1. The predicted molar refractivity (Wildman–Crippen MR) is 76.3 cm³/mol. The molecule has 0 bridgehead atoms. The zero-order chi connectivity index (χ0) is 13.7. The number of aromatic nitrogens is 2. The zero-order valence-electron chi connectivity index (χ0n) is 11.7. The third-order valence-corrected chi connectivity index (χ3v) is 3.32. The van der Waals surface area contributed by atoms with Crippen LogP contribution in [0, 0.1) is 0 Å². The van der Waals surface area contributed by atoms with E-state index in [4.69, 9.17) is 4.74 Å². The van der Waals surface area contributed by atoms with Crippen molar-refractivity contribution in [1.82, 2.24) is 15.1 Å². The quantitative estimate of drug-likeness (QED) is 0.867. The standard InChI is InChI=1S/C15H21N3O/c1-4-16-15(12(2)18-11-5-10-17-18)13-6-8-14(19-3)9-7-13/h5-12,15-16H,4H2,1-3H3. The molecule has 1 heterocycles. The molecule has 0 saturated heterocycles. The highest BCUT2D eigenvalue weighted by Crippen LogP contribution is 2.26. The summed E-state index contributed by atoms with van der Waals surface area (Å²) < 4.78 is 7.19. The Morgan fingerprint density at radius 3 is 2.58 bits per heavy atom. The van der Waals surface area contributed by atoms with E-state index in [9.17, 15) is 0 Å². The Morgan fingerprint density at radius 1 is 1.32 bits per heavy atom. The smallest absolute Gasteiger partial charge is 0.118 e. The maximum absolute atomic E-state index is 5.20. The van der Waals surface area contributed by atoms with Gasteiger partial charge in [0.25, 0.3) is 0 Å². The van der Waals surface area contributed by atoms with Gasteiger partial charge in [0, 0.05) is 12.4 Å². The number of benzene rings is 1. The fraction of sp³-hybridized carbons (Fsp3) is 0.400. The van der Waals surface area contributed by atoms with Gasteiger partial charge in [-0.05, 0) is 37.2 Å². The van der Waals surface area contributed by atoms with Gasteiger partial charge in [-0.15, -0.1) is 0 Å². The summed E-state index contributed by atoms with van der Waals surface area (Å²) in [7, 11) is 1.68. The van der Waals surface area contributed by atoms with Gasteiger partial charge in [-0.25, -0.2) is 0 Å². The maximum atomic E-state index is 5.20. The topological polar surface area (TPSA) is 39.1 Å². The lowest BCUT2D eigenvalue weighted by Gasteiger charge is -2.25. The first-order chi connectivity index (χ1) is 9.26. The number of rotatable bonds is 6. The van der Waals surface area contributed by atoms with E-state index in [1.165, 1.54) is 5.56 Å². The van der Waals surface area contributed by atoms with E-state index >= 15 is 0 Å². The van der Waals surface area contributed by atoms with Crippen molar-refractivity contribution in [2.75, 3.05) is 13.7 Å². The second-order valence-corrected chi connectivity index (χ2v) is 4.54. The van der Waals surface area contributed by atoms with Crippen LogP contribution in [0.15, 0.2) is 42.7 Å². The summed E-state index contributed by atoms with van der Waals surface area (Å²) in [6.07, 6.45) is 3.81. The molecule has 1 N–H and O–H groups in total. The summed E-state index contributed by atoms with van der Waals surface area (Å²) in [5, 5.41) is 7.85. The lowest BCUT2D eigenvalue weighted by atomic mass is 10.0. The average Bonchev–Trinajstić information content (AvgIpc) is 2.98. The summed E-state index contributed by atoms with van der Waals surface area (Å²) in [5.41, 5.74) is 1.24. The molecule has 4 heteroatoms. The second kappa shape index (κ2) is 6.38. The van der Waals surface area contributed by atoms with Crippen molar-refractivity contribution in [1.29, 1.82) is 0 Å². The fourth-order valence-corrected chi connectivity index (χ4v) is 2.27. The maximum Gasteiger partial charge on any atom is 0.118 e. The van der Waals surface area contributed by atoms with Crippen molar-refractivity contribution in [3.05, 3.63) is 48.3 Å². The van der Waals surface area contributed by atoms with Gasteiger partial charge in [0.2, 0.25) is 0 Å². The van der Waals surface area contributed by atoms with Gasteiger partial charge >= 0.3 is 0 Å². The molecule has 2 aromatic rings. The predicted octanol–water partition coefficient (Wildman–Crippen LogP) is 2.80. The SMILES string of the molecule is CCNC(c1ccc(OC)cc1)C(C)n1cccn1. The normalized spacial score (nSPS) is 14.1. The first-order valence-electron chi connectivity index (χ1n) is 6.62. The van der Waals surface area contributed by atoms with Crippen molar-refractivity contribution >= 4 is 0 Å². The molecular weight excluding hydrogens is 238 g/mol. The molecule has 0 fully saturated rings. The Bertz CT molecular complexity index is 479. The van der Waals surface area contributed by atoms with Gasteiger partial charge in [0.05, 0.1) is 19.2 Å². The molecule has 2 unspecified atom stereocenters. The second-order valence-electron chi connectivity index (χ2n) is 4.54. The van der Waals surface area contributed by atoms with Crippen molar-refractivity contribution in [3.8, 4) is 5.75 Å². The molecule has 102 valence electrons. The van der Waals surface area contributed by atoms with Crippen LogP contribution in [0.3, 0.4) is 0 Å². The highest BCUT2D eigenvalue weighted by molar-refractivity contribution is 5.29. The fourth-order valence-electron chi connectivity index (χ4n) is 2.27. The third kappa shape index (κ3) is 3.15. The number of ether oxygens (including phenoxy) is 1. The summed E-state index contributed by atoms with van der Waals surface area (Å²) in [4.78, 5) is 0. The molecule has 0 spiro atoms. The molecule has 1 aromatic heterocycles. The van der Waals surface area contributed by atoms with E-state index in [1.54, 1.807) is 7.11 Å². The molecular formula is C15H21N3O. The Hall–Kier alpha value is -1.81. The summed E-state index contributed by atoms with van der Waals surface area (Å²) >= 11 is 0. The van der Waals surface area contributed by atoms with Gasteiger partial charge in [-0.3, -0.25) is 4.68 Å². The van der Waals surface area contributed by atoms with Crippen LogP contribution in [0.5, 0.6) is 5.75 Å².